The Labute approximate surface area is 288 Å². The number of hydrogen-bond donors (Lipinski definition) is 0. The van der Waals surface area contributed by atoms with Crippen molar-refractivity contribution < 1.29 is 10.9 Å². The van der Waals surface area contributed by atoms with E-state index >= 15 is 0 Å². The van der Waals surface area contributed by atoms with Gasteiger partial charge >= 0.3 is 39.3 Å². The van der Waals surface area contributed by atoms with Crippen LogP contribution in [-0.2, 0) is 16.3 Å². The zero-order valence-electron chi connectivity index (χ0n) is 28.9. The second kappa shape index (κ2) is 13.0. The fraction of sp³-hybridized carbons (Fsp3) is 0.622. The number of aliphatic imine (C=N–C) groups is 2. The number of fused-ring (bicyclic) bond motifs is 4. The van der Waals surface area contributed by atoms with E-state index in [9.17, 15) is 0 Å². The summed E-state index contributed by atoms with van der Waals surface area (Å²) in [6, 6.07) is 18.5. The van der Waals surface area contributed by atoms with E-state index in [-0.39, 0.29) is 39.7 Å². The first kappa shape index (κ1) is 36.0. The molecule has 4 nitrogen and oxygen atoms in total. The van der Waals surface area contributed by atoms with E-state index in [4.69, 9.17) is 9.98 Å². The van der Waals surface area contributed by atoms with E-state index in [0.717, 1.165) is 13.1 Å². The number of benzene rings is 2. The molecule has 5 rings (SSSR count). The summed E-state index contributed by atoms with van der Waals surface area (Å²) < 4.78 is 0. The monoisotopic (exact) mass is 770 g/mol. The summed E-state index contributed by atoms with van der Waals surface area (Å²) in [6.07, 6.45) is 4.43. The van der Waals surface area contributed by atoms with E-state index in [1.165, 1.54) is 33.2 Å². The number of nitrogens with zero attached hydrogens (tertiary/aromatic N) is 4. The molecule has 1 spiro atoms. The van der Waals surface area contributed by atoms with Crippen molar-refractivity contribution >= 4 is 40.9 Å². The van der Waals surface area contributed by atoms with Gasteiger partial charge in [0.15, 0.2) is 0 Å². The minimum atomic E-state index is 0.0404. The molecule has 2 unspecified atom stereocenters. The fourth-order valence-corrected chi connectivity index (χ4v) is 8.89. The van der Waals surface area contributed by atoms with E-state index in [0.29, 0.717) is 11.8 Å². The van der Waals surface area contributed by atoms with Crippen LogP contribution in [0, 0.1) is 0 Å². The van der Waals surface area contributed by atoms with Crippen molar-refractivity contribution in [1.29, 1.82) is 0 Å². The van der Waals surface area contributed by atoms with E-state index in [1.807, 2.05) is 0 Å². The van der Waals surface area contributed by atoms with Crippen LogP contribution in [0.25, 0.3) is 0 Å². The summed E-state index contributed by atoms with van der Waals surface area (Å²) in [4.78, 5) is 16.0. The van der Waals surface area contributed by atoms with E-state index < -0.39 is 0 Å². The molecule has 0 radical (unpaired) electrons. The fourth-order valence-electron chi connectivity index (χ4n) is 8.89. The Hall–Kier alpha value is -0.846. The first-order valence-corrected chi connectivity index (χ1v) is 20.8. The third-order valence-electron chi connectivity index (χ3n) is 9.82. The molecule has 3 aliphatic carbocycles. The van der Waals surface area contributed by atoms with Gasteiger partial charge in [-0.1, -0.05) is 48.5 Å². The van der Waals surface area contributed by atoms with Crippen LogP contribution in [0.3, 0.4) is 0 Å². The van der Waals surface area contributed by atoms with Gasteiger partial charge < -0.3 is 0 Å². The molecule has 2 aromatic carbocycles. The first-order chi connectivity index (χ1) is 20.3. The standard InChI is InChI=1S/C37H54N4.2BrH.Ni/c1-33(2,3)40(34(4,5)6)23-21-38-31-29-25-17-13-15-19-27(25)37(29)28-20-16-14-18-26(28)30(37)32(31)39-22-24-41(35(7,8)9)36(10,11)12;;;/h13-22,29-32H,23-24H2,1-12H3;2*1H;/q;;;+4/p-2/t29?,30?,31-,32-,37?;;;/m1.../s1. The van der Waals surface area contributed by atoms with Crippen molar-refractivity contribution in [3.8, 4) is 0 Å². The Morgan fingerprint density at radius 2 is 0.909 bits per heavy atom. The van der Waals surface area contributed by atoms with Crippen molar-refractivity contribution in [2.75, 3.05) is 13.1 Å². The topological polar surface area (TPSA) is 31.2 Å². The molecular weight excluding hydrogens is 719 g/mol. The molecule has 7 heteroatoms. The second-order valence-corrected chi connectivity index (χ2v) is 21.6. The molecule has 244 valence electrons. The molecule has 0 bridgehead atoms. The van der Waals surface area contributed by atoms with Crippen LogP contribution in [0.4, 0.5) is 0 Å². The molecule has 1 fully saturated rings. The third-order valence-corrected chi connectivity index (χ3v) is 9.82. The quantitative estimate of drug-likeness (QED) is 0.217. The molecule has 0 aliphatic heterocycles. The van der Waals surface area contributed by atoms with Crippen LogP contribution in [0.1, 0.15) is 117 Å². The summed E-state index contributed by atoms with van der Waals surface area (Å²) in [5, 5.41) is 0. The summed E-state index contributed by atoms with van der Waals surface area (Å²) in [5.74, 6) is 0.743. The van der Waals surface area contributed by atoms with Crippen LogP contribution in [0.5, 0.6) is 0 Å². The Bertz CT molecular complexity index is 1230. The van der Waals surface area contributed by atoms with Crippen LogP contribution >= 0.6 is 28.5 Å². The number of hydrogen-bond acceptors (Lipinski definition) is 4. The number of rotatable bonds is 6. The molecular formula is C37H54Br2N4Ni+2. The van der Waals surface area contributed by atoms with Crippen LogP contribution in [-0.4, -0.2) is 69.6 Å². The van der Waals surface area contributed by atoms with Gasteiger partial charge in [0.05, 0.1) is 12.1 Å². The molecule has 0 saturated heterocycles. The van der Waals surface area contributed by atoms with Gasteiger partial charge in [0, 0.05) is 64.9 Å². The maximum atomic E-state index is 5.47. The summed E-state index contributed by atoms with van der Waals surface area (Å²) in [6.45, 7) is 29.3. The Morgan fingerprint density at radius 3 is 1.20 bits per heavy atom. The second-order valence-electron chi connectivity index (χ2n) is 16.6. The average molecular weight is 773 g/mol. The zero-order chi connectivity index (χ0) is 32.9. The third kappa shape index (κ3) is 6.48. The maximum absolute atomic E-state index is 5.47. The summed E-state index contributed by atoms with van der Waals surface area (Å²) >= 11 is 6.00. The molecule has 0 N–H and O–H groups in total. The van der Waals surface area contributed by atoms with Crippen LogP contribution in [0.15, 0.2) is 58.5 Å². The molecule has 0 heterocycles. The van der Waals surface area contributed by atoms with Crippen molar-refractivity contribution in [2.24, 2.45) is 9.98 Å². The Balaban J connectivity index is 0.00000141. The molecule has 44 heavy (non-hydrogen) atoms. The van der Waals surface area contributed by atoms with Gasteiger partial charge in [-0.15, -0.1) is 0 Å². The van der Waals surface area contributed by atoms with Gasteiger partial charge in [0.2, 0.25) is 0 Å². The van der Waals surface area contributed by atoms with Crippen molar-refractivity contribution in [1.82, 2.24) is 9.80 Å². The van der Waals surface area contributed by atoms with Crippen molar-refractivity contribution in [3.05, 3.63) is 70.8 Å². The van der Waals surface area contributed by atoms with Crippen LogP contribution < -0.4 is 0 Å². The van der Waals surface area contributed by atoms with E-state index in [1.54, 1.807) is 0 Å². The average Bonchev–Trinajstić information content (AvgIpc) is 3.06. The number of halogens is 2. The van der Waals surface area contributed by atoms with Gasteiger partial charge in [0.25, 0.3) is 0 Å². The zero-order valence-corrected chi connectivity index (χ0v) is 33.0. The predicted molar refractivity (Wildman–Crippen MR) is 194 cm³/mol. The normalized spacial score (nSPS) is 26.2. The predicted octanol–water partition coefficient (Wildman–Crippen LogP) is 9.55. The molecule has 2 aromatic rings. The van der Waals surface area contributed by atoms with Gasteiger partial charge in [-0.05, 0) is 105 Å². The van der Waals surface area contributed by atoms with E-state index in [2.05, 4.69) is 182 Å². The van der Waals surface area contributed by atoms with Crippen molar-refractivity contribution in [3.63, 3.8) is 0 Å². The summed E-state index contributed by atoms with van der Waals surface area (Å²) in [5.41, 5.74) is 6.22. The van der Waals surface area contributed by atoms with Crippen molar-refractivity contribution in [2.45, 2.75) is 135 Å². The molecule has 4 atom stereocenters. The Morgan fingerprint density at radius 1 is 0.614 bits per heavy atom. The molecule has 1 saturated carbocycles. The van der Waals surface area contributed by atoms with Gasteiger partial charge in [-0.3, -0.25) is 19.8 Å². The van der Waals surface area contributed by atoms with Gasteiger partial charge in [0.1, 0.15) is 0 Å². The summed E-state index contributed by atoms with van der Waals surface area (Å²) in [7, 11) is 1.25. The molecule has 0 aromatic heterocycles. The SMILES string of the molecule is CC(C)(C)N(CC=N[C@@H]1C2c3ccccc3C23c2ccccc2C3[C@H]1N=CCN(C(C)(C)C)C(C)(C)C)C(C)(C)C.[Br][Ni+2][Br]. The Kier molecular flexibility index (Phi) is 10.6. The molecule has 3 aliphatic rings. The minimum absolute atomic E-state index is 0.0404. The van der Waals surface area contributed by atoms with Gasteiger partial charge in [-0.2, -0.15) is 0 Å². The van der Waals surface area contributed by atoms with Crippen LogP contribution in [0.2, 0.25) is 0 Å². The molecule has 0 amide bonds. The first-order valence-electron chi connectivity index (χ1n) is 15.9. The van der Waals surface area contributed by atoms with Gasteiger partial charge in [-0.25, -0.2) is 0 Å².